The van der Waals surface area contributed by atoms with Gasteiger partial charge in [0, 0.05) is 16.2 Å². The van der Waals surface area contributed by atoms with E-state index in [1.165, 1.54) is 77.0 Å². The molecule has 6 saturated carbocycles. The first-order valence-electron chi connectivity index (χ1n) is 15.6. The third-order valence-electron chi connectivity index (χ3n) is 13.7. The summed E-state index contributed by atoms with van der Waals surface area (Å²) in [6.07, 6.45) is 32.1. The fraction of sp³-hybridized carbons (Fsp3) is 0.818. The van der Waals surface area contributed by atoms with Crippen LogP contribution in [0.5, 0.6) is 0 Å². The average Bonchev–Trinajstić information content (AvgIpc) is 3.70. The molecule has 0 saturated heterocycles. The third kappa shape index (κ3) is 2.71. The standard InChI is InChI=1S/C33H44O3/c1-4-25-21-7-13-31(25,10-1)28(16-21)34-19-24(36-30-18-23-9-15-33(30)12-3-6-27(23)33)20-35-29-17-22-8-14-32(29)11-2-5-26(22)32/h1-3,10-12,21-30H,4-9,13-20H2. The van der Waals surface area contributed by atoms with Gasteiger partial charge in [-0.1, -0.05) is 36.5 Å². The minimum Gasteiger partial charge on any atom is -0.375 e. The SMILES string of the molecule is C1=CC23CCC(CC2OCC(COC2CC4CCC25C=CCC45)OC2CC4CCC25C=CCC45)C3C1. The van der Waals surface area contributed by atoms with Crippen LogP contribution in [-0.2, 0) is 14.2 Å². The molecule has 194 valence electrons. The largest absolute Gasteiger partial charge is 0.375 e. The van der Waals surface area contributed by atoms with Crippen LogP contribution in [-0.4, -0.2) is 37.6 Å². The molecule has 12 unspecified atom stereocenters. The molecule has 0 heterocycles. The first kappa shape index (κ1) is 22.0. The van der Waals surface area contributed by atoms with E-state index in [1.54, 1.807) is 0 Å². The summed E-state index contributed by atoms with van der Waals surface area (Å²) >= 11 is 0. The van der Waals surface area contributed by atoms with Gasteiger partial charge < -0.3 is 14.2 Å². The van der Waals surface area contributed by atoms with Gasteiger partial charge in [-0.05, 0) is 113 Å². The molecule has 9 aliphatic carbocycles. The molecule has 6 fully saturated rings. The molecule has 0 N–H and O–H groups in total. The molecule has 36 heavy (non-hydrogen) atoms. The van der Waals surface area contributed by atoms with E-state index in [2.05, 4.69) is 36.5 Å². The lowest BCUT2D eigenvalue weighted by Crippen LogP contribution is -2.42. The average molecular weight is 489 g/mol. The number of allylic oxidation sites excluding steroid dienone is 3. The van der Waals surface area contributed by atoms with Crippen molar-refractivity contribution in [3.8, 4) is 0 Å². The minimum absolute atomic E-state index is 0.0668. The summed E-state index contributed by atoms with van der Waals surface area (Å²) in [6.45, 7) is 1.43. The molecule has 0 aromatic rings. The molecule has 9 aliphatic rings. The Morgan fingerprint density at radius 1 is 0.583 bits per heavy atom. The van der Waals surface area contributed by atoms with Crippen molar-refractivity contribution in [2.24, 2.45) is 51.8 Å². The fourth-order valence-corrected chi connectivity index (χ4v) is 12.2. The maximum absolute atomic E-state index is 7.11. The van der Waals surface area contributed by atoms with E-state index in [9.17, 15) is 0 Å². The Morgan fingerprint density at radius 3 is 1.47 bits per heavy atom. The van der Waals surface area contributed by atoms with E-state index in [-0.39, 0.29) is 6.10 Å². The monoisotopic (exact) mass is 488 g/mol. The zero-order valence-electron chi connectivity index (χ0n) is 21.9. The summed E-state index contributed by atoms with van der Waals surface area (Å²) in [5.41, 5.74) is 0.996. The van der Waals surface area contributed by atoms with E-state index in [4.69, 9.17) is 14.2 Å². The first-order valence-corrected chi connectivity index (χ1v) is 15.6. The Morgan fingerprint density at radius 2 is 1.00 bits per heavy atom. The second-order valence-corrected chi connectivity index (χ2v) is 14.6. The normalized spacial score (nSPS) is 56.8. The van der Waals surface area contributed by atoms with Gasteiger partial charge in [0.15, 0.2) is 0 Å². The van der Waals surface area contributed by atoms with Gasteiger partial charge in [0.1, 0.15) is 6.10 Å². The number of rotatable bonds is 8. The van der Waals surface area contributed by atoms with Crippen LogP contribution < -0.4 is 0 Å². The zero-order valence-corrected chi connectivity index (χ0v) is 21.9. The highest BCUT2D eigenvalue weighted by Crippen LogP contribution is 2.66. The molecule has 0 aromatic heterocycles. The summed E-state index contributed by atoms with van der Waals surface area (Å²) in [5.74, 6) is 5.18. The van der Waals surface area contributed by atoms with Crippen molar-refractivity contribution in [1.29, 1.82) is 0 Å². The van der Waals surface area contributed by atoms with Crippen LogP contribution in [0.4, 0.5) is 0 Å². The van der Waals surface area contributed by atoms with E-state index in [1.807, 2.05) is 0 Å². The lowest BCUT2D eigenvalue weighted by atomic mass is 9.79. The molecular weight excluding hydrogens is 444 g/mol. The highest BCUT2D eigenvalue weighted by Gasteiger charge is 2.62. The lowest BCUT2D eigenvalue weighted by molar-refractivity contribution is -0.152. The Bertz CT molecular complexity index is 960. The highest BCUT2D eigenvalue weighted by atomic mass is 16.6. The van der Waals surface area contributed by atoms with Gasteiger partial charge in [0.2, 0.25) is 0 Å². The van der Waals surface area contributed by atoms with Crippen LogP contribution in [0.3, 0.4) is 0 Å². The van der Waals surface area contributed by atoms with Crippen molar-refractivity contribution < 1.29 is 14.2 Å². The second-order valence-electron chi connectivity index (χ2n) is 14.6. The maximum Gasteiger partial charge on any atom is 0.105 e. The number of ether oxygens (including phenoxy) is 3. The second kappa shape index (κ2) is 7.60. The molecule has 0 radical (unpaired) electrons. The minimum atomic E-state index is 0.0668. The quantitative estimate of drug-likeness (QED) is 0.359. The van der Waals surface area contributed by atoms with Crippen LogP contribution in [0, 0.1) is 51.8 Å². The smallest absolute Gasteiger partial charge is 0.105 e. The van der Waals surface area contributed by atoms with Gasteiger partial charge in [-0.3, -0.25) is 0 Å². The summed E-state index contributed by atoms with van der Waals surface area (Å²) in [7, 11) is 0. The van der Waals surface area contributed by atoms with Crippen LogP contribution in [0.15, 0.2) is 36.5 Å². The summed E-state index contributed by atoms with van der Waals surface area (Å²) in [6, 6.07) is 0. The van der Waals surface area contributed by atoms with Crippen LogP contribution in [0.1, 0.15) is 77.0 Å². The van der Waals surface area contributed by atoms with Gasteiger partial charge in [-0.25, -0.2) is 0 Å². The summed E-state index contributed by atoms with van der Waals surface area (Å²) < 4.78 is 20.9. The molecule has 3 nitrogen and oxygen atoms in total. The van der Waals surface area contributed by atoms with Gasteiger partial charge in [-0.15, -0.1) is 0 Å². The third-order valence-corrected chi connectivity index (χ3v) is 13.7. The Balaban J connectivity index is 0.928. The van der Waals surface area contributed by atoms with Crippen LogP contribution >= 0.6 is 0 Å². The lowest BCUT2D eigenvalue weighted by Gasteiger charge is -2.38. The van der Waals surface area contributed by atoms with Crippen molar-refractivity contribution >= 4 is 0 Å². The molecule has 6 bridgehead atoms. The van der Waals surface area contributed by atoms with Crippen LogP contribution in [0.2, 0.25) is 0 Å². The highest BCUT2D eigenvalue weighted by molar-refractivity contribution is 5.25. The summed E-state index contributed by atoms with van der Waals surface area (Å²) in [4.78, 5) is 0. The fourth-order valence-electron chi connectivity index (χ4n) is 12.2. The Kier molecular flexibility index (Phi) is 4.64. The number of hydrogen-bond acceptors (Lipinski definition) is 3. The molecular formula is C33H44O3. The van der Waals surface area contributed by atoms with Crippen molar-refractivity contribution in [2.45, 2.75) is 101 Å². The molecule has 0 aromatic carbocycles. The van der Waals surface area contributed by atoms with Crippen LogP contribution in [0.25, 0.3) is 0 Å². The summed E-state index contributed by atoms with van der Waals surface area (Å²) in [5, 5.41) is 0. The van der Waals surface area contributed by atoms with E-state index in [0.29, 0.717) is 47.8 Å². The van der Waals surface area contributed by atoms with Crippen molar-refractivity contribution in [1.82, 2.24) is 0 Å². The molecule has 12 atom stereocenters. The van der Waals surface area contributed by atoms with E-state index in [0.717, 1.165) is 35.5 Å². The van der Waals surface area contributed by atoms with Gasteiger partial charge >= 0.3 is 0 Å². The maximum atomic E-state index is 7.11. The van der Waals surface area contributed by atoms with Gasteiger partial charge in [-0.2, -0.15) is 0 Å². The van der Waals surface area contributed by atoms with Gasteiger partial charge in [0.05, 0.1) is 31.5 Å². The van der Waals surface area contributed by atoms with Crippen molar-refractivity contribution in [3.05, 3.63) is 36.5 Å². The van der Waals surface area contributed by atoms with Gasteiger partial charge in [0.25, 0.3) is 0 Å². The first-order chi connectivity index (χ1) is 17.7. The van der Waals surface area contributed by atoms with Crippen molar-refractivity contribution in [2.75, 3.05) is 13.2 Å². The number of hydrogen-bond donors (Lipinski definition) is 0. The van der Waals surface area contributed by atoms with E-state index < -0.39 is 0 Å². The molecule has 0 aliphatic heterocycles. The predicted octanol–water partition coefficient (Wildman–Crippen LogP) is 6.64. The molecule has 0 spiro atoms. The molecule has 9 rings (SSSR count). The van der Waals surface area contributed by atoms with Crippen molar-refractivity contribution in [3.63, 3.8) is 0 Å². The predicted molar refractivity (Wildman–Crippen MR) is 139 cm³/mol. The molecule has 3 heteroatoms. The molecule has 0 amide bonds. The Hall–Kier alpha value is -0.900. The van der Waals surface area contributed by atoms with E-state index >= 15 is 0 Å². The Labute approximate surface area is 217 Å². The zero-order chi connectivity index (χ0) is 23.5. The topological polar surface area (TPSA) is 27.7 Å².